The van der Waals surface area contributed by atoms with Gasteiger partial charge in [-0.1, -0.05) is 60.7 Å². The van der Waals surface area contributed by atoms with Gasteiger partial charge in [-0.3, -0.25) is 24.6 Å². The minimum Gasteiger partial charge on any atom is -0.336 e. The third-order valence-electron chi connectivity index (χ3n) is 7.59. The van der Waals surface area contributed by atoms with Gasteiger partial charge in [0.25, 0.3) is 23.6 Å². The zero-order valence-electron chi connectivity index (χ0n) is 17.8. The molecule has 4 aliphatic carbocycles. The lowest BCUT2D eigenvalue weighted by Crippen LogP contribution is -2.51. The Kier molecular flexibility index (Phi) is 4.47. The number of imide groups is 1. The summed E-state index contributed by atoms with van der Waals surface area (Å²) in [5.41, 5.74) is 3.51. The molecular formula is C26H23N3O4. The monoisotopic (exact) mass is 441 g/mol. The van der Waals surface area contributed by atoms with Gasteiger partial charge in [-0.15, -0.1) is 0 Å². The van der Waals surface area contributed by atoms with Crippen molar-refractivity contribution in [1.82, 2.24) is 15.8 Å². The molecule has 1 aliphatic heterocycles. The molecule has 33 heavy (non-hydrogen) atoms. The minimum absolute atomic E-state index is 0.0751. The molecule has 166 valence electrons. The van der Waals surface area contributed by atoms with Crippen LogP contribution in [0.1, 0.15) is 28.4 Å². The van der Waals surface area contributed by atoms with E-state index in [2.05, 4.69) is 22.9 Å². The van der Waals surface area contributed by atoms with Gasteiger partial charge >= 0.3 is 0 Å². The summed E-state index contributed by atoms with van der Waals surface area (Å²) in [5.74, 6) is -1.42. The lowest BCUT2D eigenvalue weighted by molar-refractivity contribution is -0.149. The molecule has 7 heteroatoms. The van der Waals surface area contributed by atoms with E-state index >= 15 is 0 Å². The van der Waals surface area contributed by atoms with E-state index in [-0.39, 0.29) is 23.7 Å². The predicted molar refractivity (Wildman–Crippen MR) is 118 cm³/mol. The number of nitrogens with zero attached hydrogens (tertiary/aromatic N) is 1. The molecule has 2 N–H and O–H groups in total. The first-order valence-corrected chi connectivity index (χ1v) is 11.3. The molecule has 1 saturated heterocycles. The Balaban J connectivity index is 1.24. The maximum atomic E-state index is 13.3. The van der Waals surface area contributed by atoms with Crippen LogP contribution in [0.25, 0.3) is 0 Å². The summed E-state index contributed by atoms with van der Waals surface area (Å²) in [5, 5.41) is 3.65. The van der Waals surface area contributed by atoms with Gasteiger partial charge in [0, 0.05) is 5.56 Å². The average molecular weight is 441 g/mol. The number of amides is 4. The Labute approximate surface area is 190 Å². The summed E-state index contributed by atoms with van der Waals surface area (Å²) in [7, 11) is 0. The van der Waals surface area contributed by atoms with E-state index in [0.29, 0.717) is 23.0 Å². The lowest BCUT2D eigenvalue weighted by Gasteiger charge is -2.37. The topological polar surface area (TPSA) is 95.6 Å². The van der Waals surface area contributed by atoms with Crippen LogP contribution in [0, 0.1) is 35.5 Å². The SMILES string of the molecule is O=C(N[C@H](C(=O)NN1C(=O)[C@@H]2[C@@H]3C=C[C@@H]([C@H]4C[C@@H]34)[C@@H]2C1=O)c1ccccc1)c1ccccc1. The van der Waals surface area contributed by atoms with Crippen molar-refractivity contribution in [2.24, 2.45) is 35.5 Å². The third kappa shape index (κ3) is 3.10. The van der Waals surface area contributed by atoms with Crippen molar-refractivity contribution in [3.8, 4) is 0 Å². The van der Waals surface area contributed by atoms with Crippen molar-refractivity contribution in [3.63, 3.8) is 0 Å². The van der Waals surface area contributed by atoms with Gasteiger partial charge in [0.05, 0.1) is 11.8 Å². The second-order valence-electron chi connectivity index (χ2n) is 9.33. The number of allylic oxidation sites excluding steroid dienone is 2. The van der Waals surface area contributed by atoms with Crippen LogP contribution >= 0.6 is 0 Å². The molecule has 0 radical (unpaired) electrons. The van der Waals surface area contributed by atoms with Crippen molar-refractivity contribution in [2.75, 3.05) is 0 Å². The molecule has 5 aliphatic rings. The van der Waals surface area contributed by atoms with E-state index in [0.717, 1.165) is 11.4 Å². The first-order valence-electron chi connectivity index (χ1n) is 11.3. The smallest absolute Gasteiger partial charge is 0.266 e. The van der Waals surface area contributed by atoms with Gasteiger partial charge in [0.2, 0.25) is 0 Å². The molecule has 1 heterocycles. The summed E-state index contributed by atoms with van der Waals surface area (Å²) in [4.78, 5) is 52.5. The van der Waals surface area contributed by atoms with Crippen molar-refractivity contribution in [2.45, 2.75) is 12.5 Å². The van der Waals surface area contributed by atoms with E-state index in [4.69, 9.17) is 0 Å². The van der Waals surface area contributed by atoms with E-state index in [1.165, 1.54) is 0 Å². The fourth-order valence-corrected chi connectivity index (χ4v) is 5.99. The van der Waals surface area contributed by atoms with Crippen LogP contribution in [-0.4, -0.2) is 28.6 Å². The highest BCUT2D eigenvalue weighted by molar-refractivity contribution is 6.08. The first-order chi connectivity index (χ1) is 16.0. The Morgan fingerprint density at radius 2 is 1.36 bits per heavy atom. The van der Waals surface area contributed by atoms with Crippen molar-refractivity contribution >= 4 is 23.6 Å². The van der Waals surface area contributed by atoms with E-state index < -0.39 is 29.7 Å². The van der Waals surface area contributed by atoms with E-state index in [1.54, 1.807) is 54.6 Å². The van der Waals surface area contributed by atoms with Crippen LogP contribution in [-0.2, 0) is 14.4 Å². The maximum absolute atomic E-state index is 13.3. The number of hydrogen-bond donors (Lipinski definition) is 2. The summed E-state index contributed by atoms with van der Waals surface area (Å²) >= 11 is 0. The van der Waals surface area contributed by atoms with Crippen LogP contribution in [0.15, 0.2) is 72.8 Å². The van der Waals surface area contributed by atoms with Gasteiger partial charge in [0.1, 0.15) is 6.04 Å². The molecule has 0 unspecified atom stereocenters. The van der Waals surface area contributed by atoms with Gasteiger partial charge in [-0.2, -0.15) is 5.01 Å². The molecule has 2 bridgehead atoms. The molecule has 4 amide bonds. The van der Waals surface area contributed by atoms with Crippen LogP contribution in [0.4, 0.5) is 0 Å². The third-order valence-corrected chi connectivity index (χ3v) is 7.59. The van der Waals surface area contributed by atoms with Crippen molar-refractivity contribution in [1.29, 1.82) is 0 Å². The van der Waals surface area contributed by atoms with E-state index in [1.807, 2.05) is 6.07 Å². The Morgan fingerprint density at radius 1 is 0.818 bits per heavy atom. The molecule has 3 fully saturated rings. The molecule has 2 aromatic carbocycles. The number of rotatable bonds is 5. The first kappa shape index (κ1) is 19.9. The van der Waals surface area contributed by atoms with Crippen LogP contribution in [0.5, 0.6) is 0 Å². The van der Waals surface area contributed by atoms with Gasteiger partial charge in [-0.25, -0.2) is 0 Å². The fourth-order valence-electron chi connectivity index (χ4n) is 5.99. The number of carbonyl (C=O) groups excluding carboxylic acids is 4. The number of hydrazine groups is 1. The van der Waals surface area contributed by atoms with Gasteiger partial charge in [0.15, 0.2) is 0 Å². The Bertz CT molecular complexity index is 1140. The summed E-state index contributed by atoms with van der Waals surface area (Å²) in [6.45, 7) is 0. The predicted octanol–water partition coefficient (Wildman–Crippen LogP) is 2.24. The highest BCUT2D eigenvalue weighted by atomic mass is 16.2. The largest absolute Gasteiger partial charge is 0.336 e. The molecule has 0 spiro atoms. The van der Waals surface area contributed by atoms with Crippen LogP contribution < -0.4 is 10.7 Å². The second kappa shape index (κ2) is 7.40. The highest BCUT2D eigenvalue weighted by Gasteiger charge is 2.67. The minimum atomic E-state index is -1.06. The molecule has 2 aromatic rings. The molecular weight excluding hydrogens is 418 g/mol. The zero-order valence-corrected chi connectivity index (χ0v) is 17.8. The number of nitrogens with one attached hydrogen (secondary N) is 2. The van der Waals surface area contributed by atoms with Gasteiger partial charge < -0.3 is 5.32 Å². The lowest BCUT2D eigenvalue weighted by atomic mass is 9.63. The molecule has 7 rings (SSSR count). The van der Waals surface area contributed by atoms with Crippen LogP contribution in [0.3, 0.4) is 0 Å². The van der Waals surface area contributed by atoms with Crippen molar-refractivity contribution < 1.29 is 19.2 Å². The van der Waals surface area contributed by atoms with Crippen LogP contribution in [0.2, 0.25) is 0 Å². The van der Waals surface area contributed by atoms with Gasteiger partial charge in [-0.05, 0) is 47.8 Å². The Hall–Kier alpha value is -3.74. The number of carbonyl (C=O) groups is 4. The summed E-state index contributed by atoms with van der Waals surface area (Å²) < 4.78 is 0. The molecule has 7 atom stereocenters. The quantitative estimate of drug-likeness (QED) is 0.550. The number of hydrogen-bond acceptors (Lipinski definition) is 4. The zero-order chi connectivity index (χ0) is 22.7. The second-order valence-corrected chi connectivity index (χ2v) is 9.33. The Morgan fingerprint density at radius 3 is 1.94 bits per heavy atom. The van der Waals surface area contributed by atoms with Crippen molar-refractivity contribution in [3.05, 3.63) is 83.9 Å². The summed E-state index contributed by atoms with van der Waals surface area (Å²) in [6, 6.07) is 16.3. The fraction of sp³-hybridized carbons (Fsp3) is 0.308. The normalized spacial score (nSPS) is 31.6. The standard InChI is InChI=1S/C26H23N3O4/c30-23(15-9-5-2-6-10-15)27-22(14-7-3-1-4-8-14)24(31)28-29-25(32)20-16-11-12-17(19-13-18(16)19)21(20)26(29)33/h1-12,16-22H,13H2,(H,27,30)(H,28,31)/t16-,17+,18+,19-,20-,21+,22-/m0/s1. The summed E-state index contributed by atoms with van der Waals surface area (Å²) in [6.07, 6.45) is 5.25. The molecule has 0 aromatic heterocycles. The number of benzene rings is 2. The van der Waals surface area contributed by atoms with E-state index in [9.17, 15) is 19.2 Å². The highest BCUT2D eigenvalue weighted by Crippen LogP contribution is 2.65. The maximum Gasteiger partial charge on any atom is 0.266 e. The molecule has 7 nitrogen and oxygen atoms in total. The molecule has 2 saturated carbocycles. The average Bonchev–Trinajstić information content (AvgIpc) is 3.64.